The lowest BCUT2D eigenvalue weighted by molar-refractivity contribution is 0.493. The van der Waals surface area contributed by atoms with Crippen molar-refractivity contribution in [1.82, 2.24) is 15.5 Å². The summed E-state index contributed by atoms with van der Waals surface area (Å²) in [6, 6.07) is 9.11. The normalized spacial score (nSPS) is 14.5. The van der Waals surface area contributed by atoms with Crippen molar-refractivity contribution < 1.29 is 0 Å². The molecule has 0 aliphatic rings. The zero-order valence-electron chi connectivity index (χ0n) is 10.6. The van der Waals surface area contributed by atoms with Gasteiger partial charge in [-0.25, -0.2) is 0 Å². The van der Waals surface area contributed by atoms with E-state index in [0.29, 0.717) is 12.1 Å². The van der Waals surface area contributed by atoms with Crippen LogP contribution in [-0.2, 0) is 0 Å². The van der Waals surface area contributed by atoms with E-state index >= 15 is 0 Å². The third-order valence-electron chi connectivity index (χ3n) is 3.17. The minimum absolute atomic E-state index is 0.295. The summed E-state index contributed by atoms with van der Waals surface area (Å²) >= 11 is 0. The van der Waals surface area contributed by atoms with Gasteiger partial charge in [-0.1, -0.05) is 24.3 Å². The summed E-state index contributed by atoms with van der Waals surface area (Å²) in [5.41, 5.74) is 3.86. The number of hydrogen-bond acceptors (Lipinski definition) is 2. The molecule has 90 valence electrons. The lowest BCUT2D eigenvalue weighted by Gasteiger charge is -2.21. The largest absolute Gasteiger partial charge is 0.304 e. The number of benzene rings is 1. The summed E-state index contributed by atoms with van der Waals surface area (Å²) < 4.78 is 0. The molecular formula is C14H19N3. The Morgan fingerprint density at radius 1 is 1.18 bits per heavy atom. The Balaban J connectivity index is 2.07. The maximum Gasteiger partial charge on any atom is 0.0534 e. The first-order valence-electron chi connectivity index (χ1n) is 5.98. The van der Waals surface area contributed by atoms with Crippen LogP contribution in [0.25, 0.3) is 0 Å². The maximum absolute atomic E-state index is 3.98. The smallest absolute Gasteiger partial charge is 0.0534 e. The van der Waals surface area contributed by atoms with Gasteiger partial charge in [-0.2, -0.15) is 5.10 Å². The lowest BCUT2D eigenvalue weighted by atomic mass is 10.0. The van der Waals surface area contributed by atoms with E-state index in [1.807, 2.05) is 12.4 Å². The summed E-state index contributed by atoms with van der Waals surface area (Å²) in [5.74, 6) is 0. The van der Waals surface area contributed by atoms with Crippen LogP contribution < -0.4 is 5.32 Å². The molecule has 0 radical (unpaired) electrons. The third-order valence-corrected chi connectivity index (χ3v) is 3.17. The summed E-state index contributed by atoms with van der Waals surface area (Å²) in [6.07, 6.45) is 3.80. The molecule has 17 heavy (non-hydrogen) atoms. The van der Waals surface area contributed by atoms with Gasteiger partial charge in [-0.3, -0.25) is 5.10 Å². The Morgan fingerprint density at radius 2 is 1.94 bits per heavy atom. The molecule has 0 amide bonds. The highest BCUT2D eigenvalue weighted by atomic mass is 15.1. The van der Waals surface area contributed by atoms with Gasteiger partial charge in [0.1, 0.15) is 0 Å². The second kappa shape index (κ2) is 5.15. The van der Waals surface area contributed by atoms with Gasteiger partial charge in [-0.05, 0) is 31.9 Å². The summed E-state index contributed by atoms with van der Waals surface area (Å²) in [4.78, 5) is 0. The van der Waals surface area contributed by atoms with Gasteiger partial charge in [0.05, 0.1) is 6.20 Å². The van der Waals surface area contributed by atoms with E-state index in [1.165, 1.54) is 16.7 Å². The molecule has 2 rings (SSSR count). The summed E-state index contributed by atoms with van der Waals surface area (Å²) in [5, 5.41) is 10.4. The van der Waals surface area contributed by atoms with Crippen molar-refractivity contribution in [1.29, 1.82) is 0 Å². The highest BCUT2D eigenvalue weighted by Crippen LogP contribution is 2.20. The van der Waals surface area contributed by atoms with Crippen LogP contribution >= 0.6 is 0 Å². The average Bonchev–Trinajstić information content (AvgIpc) is 2.82. The second-order valence-corrected chi connectivity index (χ2v) is 4.50. The van der Waals surface area contributed by atoms with E-state index in [9.17, 15) is 0 Å². The van der Waals surface area contributed by atoms with Crippen molar-refractivity contribution in [2.75, 3.05) is 0 Å². The average molecular weight is 229 g/mol. The molecule has 3 heteroatoms. The van der Waals surface area contributed by atoms with E-state index in [4.69, 9.17) is 0 Å². The highest BCUT2D eigenvalue weighted by molar-refractivity contribution is 5.28. The Kier molecular flexibility index (Phi) is 3.59. The van der Waals surface area contributed by atoms with Crippen molar-refractivity contribution in [2.24, 2.45) is 0 Å². The van der Waals surface area contributed by atoms with Gasteiger partial charge >= 0.3 is 0 Å². The Bertz CT molecular complexity index is 462. The van der Waals surface area contributed by atoms with Gasteiger partial charge in [0, 0.05) is 23.8 Å². The standard InChI is InChI=1S/C14H19N3/c1-10-6-4-5-7-14(10)12(3)17-11(2)13-8-15-16-9-13/h4-9,11-12,17H,1-3H3,(H,15,16). The predicted molar refractivity (Wildman–Crippen MR) is 69.7 cm³/mol. The number of nitrogens with zero attached hydrogens (tertiary/aromatic N) is 1. The molecule has 2 N–H and O–H groups in total. The number of hydrogen-bond donors (Lipinski definition) is 2. The molecule has 0 spiro atoms. The minimum Gasteiger partial charge on any atom is -0.304 e. The van der Waals surface area contributed by atoms with Crippen LogP contribution in [0.1, 0.15) is 42.6 Å². The van der Waals surface area contributed by atoms with E-state index in [0.717, 1.165) is 0 Å². The molecule has 3 nitrogen and oxygen atoms in total. The number of nitrogens with one attached hydrogen (secondary N) is 2. The molecule has 0 aliphatic carbocycles. The van der Waals surface area contributed by atoms with Crippen LogP contribution in [-0.4, -0.2) is 10.2 Å². The van der Waals surface area contributed by atoms with Crippen LogP contribution in [0.3, 0.4) is 0 Å². The number of aryl methyl sites for hydroxylation is 1. The maximum atomic E-state index is 3.98. The van der Waals surface area contributed by atoms with Gasteiger partial charge in [-0.15, -0.1) is 0 Å². The Labute approximate surface area is 102 Å². The van der Waals surface area contributed by atoms with Crippen molar-refractivity contribution in [2.45, 2.75) is 32.9 Å². The molecule has 0 aliphatic heterocycles. The van der Waals surface area contributed by atoms with Gasteiger partial charge in [0.15, 0.2) is 0 Å². The molecule has 0 saturated heterocycles. The van der Waals surface area contributed by atoms with E-state index in [1.54, 1.807) is 0 Å². The van der Waals surface area contributed by atoms with Crippen molar-refractivity contribution in [3.05, 3.63) is 53.3 Å². The molecular weight excluding hydrogens is 210 g/mol. The SMILES string of the molecule is Cc1ccccc1C(C)NC(C)c1cn[nH]c1. The Hall–Kier alpha value is -1.61. The zero-order valence-corrected chi connectivity index (χ0v) is 10.6. The fourth-order valence-electron chi connectivity index (χ4n) is 2.13. The molecule has 1 aromatic carbocycles. The van der Waals surface area contributed by atoms with Crippen LogP contribution in [0.4, 0.5) is 0 Å². The number of rotatable bonds is 4. The summed E-state index contributed by atoms with van der Waals surface area (Å²) in [6.45, 7) is 6.49. The van der Waals surface area contributed by atoms with E-state index < -0.39 is 0 Å². The zero-order chi connectivity index (χ0) is 12.3. The molecule has 2 aromatic rings. The predicted octanol–water partition coefficient (Wildman–Crippen LogP) is 3.13. The number of aromatic nitrogens is 2. The lowest BCUT2D eigenvalue weighted by Crippen LogP contribution is -2.22. The minimum atomic E-state index is 0.295. The molecule has 1 aromatic heterocycles. The third kappa shape index (κ3) is 2.74. The fraction of sp³-hybridized carbons (Fsp3) is 0.357. The quantitative estimate of drug-likeness (QED) is 0.845. The molecule has 2 atom stereocenters. The van der Waals surface area contributed by atoms with E-state index in [-0.39, 0.29) is 0 Å². The van der Waals surface area contributed by atoms with Gasteiger partial charge in [0.25, 0.3) is 0 Å². The summed E-state index contributed by atoms with van der Waals surface area (Å²) in [7, 11) is 0. The van der Waals surface area contributed by atoms with Crippen molar-refractivity contribution in [3.8, 4) is 0 Å². The van der Waals surface area contributed by atoms with Crippen LogP contribution in [0, 0.1) is 6.92 Å². The van der Waals surface area contributed by atoms with Gasteiger partial charge < -0.3 is 5.32 Å². The van der Waals surface area contributed by atoms with Crippen molar-refractivity contribution in [3.63, 3.8) is 0 Å². The molecule has 0 bridgehead atoms. The topological polar surface area (TPSA) is 40.7 Å². The van der Waals surface area contributed by atoms with Gasteiger partial charge in [0.2, 0.25) is 0 Å². The molecule has 0 fully saturated rings. The molecule has 0 saturated carbocycles. The second-order valence-electron chi connectivity index (χ2n) is 4.50. The Morgan fingerprint density at radius 3 is 2.59 bits per heavy atom. The highest BCUT2D eigenvalue weighted by Gasteiger charge is 2.12. The monoisotopic (exact) mass is 229 g/mol. The van der Waals surface area contributed by atoms with Crippen LogP contribution in [0.5, 0.6) is 0 Å². The molecule has 1 heterocycles. The first-order valence-corrected chi connectivity index (χ1v) is 5.98. The first-order chi connectivity index (χ1) is 8.18. The van der Waals surface area contributed by atoms with E-state index in [2.05, 4.69) is 60.6 Å². The van der Waals surface area contributed by atoms with Crippen LogP contribution in [0.2, 0.25) is 0 Å². The first kappa shape index (κ1) is 11.9. The number of aromatic amines is 1. The van der Waals surface area contributed by atoms with Crippen molar-refractivity contribution >= 4 is 0 Å². The van der Waals surface area contributed by atoms with Crippen LogP contribution in [0.15, 0.2) is 36.7 Å². The fourth-order valence-corrected chi connectivity index (χ4v) is 2.13. The molecule has 2 unspecified atom stereocenters. The number of H-pyrrole nitrogens is 1.